The zero-order valence-electron chi connectivity index (χ0n) is 10.6. The summed E-state index contributed by atoms with van der Waals surface area (Å²) in [5.41, 5.74) is 5.84. The summed E-state index contributed by atoms with van der Waals surface area (Å²) in [5.74, 6) is -1.47. The Kier molecular flexibility index (Phi) is 5.01. The molecular weight excluding hydrogens is 250 g/mol. The molecule has 0 aromatic heterocycles. The van der Waals surface area contributed by atoms with E-state index in [4.69, 9.17) is 5.73 Å². The van der Waals surface area contributed by atoms with Crippen LogP contribution >= 0.6 is 0 Å². The summed E-state index contributed by atoms with van der Waals surface area (Å²) >= 11 is 0. The molecule has 0 atom stereocenters. The number of primary amides is 1. The van der Waals surface area contributed by atoms with E-state index >= 15 is 0 Å². The van der Waals surface area contributed by atoms with Crippen molar-refractivity contribution in [1.82, 2.24) is 5.32 Å². The number of anilines is 1. The predicted molar refractivity (Wildman–Crippen MR) is 68.9 cm³/mol. The summed E-state index contributed by atoms with van der Waals surface area (Å²) in [6.07, 6.45) is 0. The lowest BCUT2D eigenvalue weighted by atomic mass is 10.1. The minimum absolute atomic E-state index is 0.129. The smallest absolute Gasteiger partial charge is 0.251 e. The van der Waals surface area contributed by atoms with Crippen molar-refractivity contribution in [2.75, 3.05) is 26.1 Å². The van der Waals surface area contributed by atoms with Crippen LogP contribution in [-0.4, -0.2) is 38.5 Å². The Labute approximate surface area is 110 Å². The van der Waals surface area contributed by atoms with Gasteiger partial charge in [0, 0.05) is 31.0 Å². The van der Waals surface area contributed by atoms with Gasteiger partial charge in [-0.15, -0.1) is 0 Å². The number of benzene rings is 1. The predicted octanol–water partition coefficient (Wildman–Crippen LogP) is -0.270. The van der Waals surface area contributed by atoms with Gasteiger partial charge < -0.3 is 21.1 Å². The number of nitrogens with one attached hydrogen (secondary N) is 2. The Morgan fingerprint density at radius 1 is 1.21 bits per heavy atom. The first-order valence-corrected chi connectivity index (χ1v) is 5.43. The van der Waals surface area contributed by atoms with Crippen LogP contribution in [0.5, 0.6) is 0 Å². The van der Waals surface area contributed by atoms with Gasteiger partial charge in [0.05, 0.1) is 0 Å². The molecule has 19 heavy (non-hydrogen) atoms. The first-order chi connectivity index (χ1) is 8.97. The lowest BCUT2D eigenvalue weighted by Gasteiger charge is -2.08. The summed E-state index contributed by atoms with van der Waals surface area (Å²) < 4.78 is 4.67. The highest BCUT2D eigenvalue weighted by Crippen LogP contribution is 2.15. The highest BCUT2D eigenvalue weighted by molar-refractivity contribution is 6.02. The van der Waals surface area contributed by atoms with Crippen LogP contribution in [-0.2, 0) is 9.53 Å². The molecule has 0 aliphatic heterocycles. The number of carbonyl (C=O) groups excluding carboxylic acids is 3. The van der Waals surface area contributed by atoms with Crippen molar-refractivity contribution in [1.29, 1.82) is 0 Å². The highest BCUT2D eigenvalue weighted by Gasteiger charge is 2.11. The zero-order valence-corrected chi connectivity index (χ0v) is 10.6. The van der Waals surface area contributed by atoms with E-state index in [1.54, 1.807) is 0 Å². The fourth-order valence-electron chi connectivity index (χ4n) is 1.45. The third-order valence-corrected chi connectivity index (χ3v) is 2.27. The second-order valence-electron chi connectivity index (χ2n) is 3.72. The molecule has 1 aromatic rings. The van der Waals surface area contributed by atoms with Crippen molar-refractivity contribution in [3.63, 3.8) is 0 Å². The first-order valence-electron chi connectivity index (χ1n) is 5.43. The number of amides is 3. The number of ether oxygens (including phenoxy) is 1. The summed E-state index contributed by atoms with van der Waals surface area (Å²) in [5, 5.41) is 4.93. The Morgan fingerprint density at radius 3 is 2.37 bits per heavy atom. The van der Waals surface area contributed by atoms with Gasteiger partial charge in [-0.3, -0.25) is 14.4 Å². The van der Waals surface area contributed by atoms with Gasteiger partial charge >= 0.3 is 0 Å². The number of hydrogen-bond acceptors (Lipinski definition) is 4. The van der Waals surface area contributed by atoms with Crippen molar-refractivity contribution in [2.24, 2.45) is 5.73 Å². The van der Waals surface area contributed by atoms with Gasteiger partial charge in [-0.05, 0) is 18.2 Å². The minimum Gasteiger partial charge on any atom is -0.375 e. The third-order valence-electron chi connectivity index (χ3n) is 2.27. The van der Waals surface area contributed by atoms with E-state index in [2.05, 4.69) is 15.4 Å². The SMILES string of the molecule is CNC(=O)c1cc(NC(=O)COC)cc(C(N)=O)c1. The molecule has 7 heteroatoms. The van der Waals surface area contributed by atoms with E-state index in [9.17, 15) is 14.4 Å². The van der Waals surface area contributed by atoms with Gasteiger partial charge in [0.15, 0.2) is 0 Å². The Morgan fingerprint density at radius 2 is 1.84 bits per heavy atom. The lowest BCUT2D eigenvalue weighted by Crippen LogP contribution is -2.21. The highest BCUT2D eigenvalue weighted by atomic mass is 16.5. The maximum atomic E-state index is 11.6. The van der Waals surface area contributed by atoms with E-state index in [0.29, 0.717) is 5.69 Å². The topological polar surface area (TPSA) is 111 Å². The average molecular weight is 265 g/mol. The molecule has 0 saturated heterocycles. The summed E-state index contributed by atoms with van der Waals surface area (Å²) in [7, 11) is 2.85. The largest absolute Gasteiger partial charge is 0.375 e. The zero-order chi connectivity index (χ0) is 14.4. The average Bonchev–Trinajstić information content (AvgIpc) is 2.37. The molecule has 0 bridgehead atoms. The van der Waals surface area contributed by atoms with Crippen LogP contribution in [0.2, 0.25) is 0 Å². The molecule has 7 nitrogen and oxygen atoms in total. The van der Waals surface area contributed by atoms with Gasteiger partial charge in [-0.1, -0.05) is 0 Å². The van der Waals surface area contributed by atoms with Crippen molar-refractivity contribution >= 4 is 23.4 Å². The van der Waals surface area contributed by atoms with E-state index in [1.807, 2.05) is 0 Å². The van der Waals surface area contributed by atoms with Crippen LogP contribution < -0.4 is 16.4 Å². The van der Waals surface area contributed by atoms with Gasteiger partial charge in [0.1, 0.15) is 6.61 Å². The molecule has 0 unspecified atom stereocenters. The second-order valence-corrected chi connectivity index (χ2v) is 3.72. The maximum Gasteiger partial charge on any atom is 0.251 e. The summed E-state index contributed by atoms with van der Waals surface area (Å²) in [4.78, 5) is 34.1. The second kappa shape index (κ2) is 6.50. The van der Waals surface area contributed by atoms with Crippen LogP contribution in [0, 0.1) is 0 Å². The van der Waals surface area contributed by atoms with Gasteiger partial charge in [-0.2, -0.15) is 0 Å². The van der Waals surface area contributed by atoms with Gasteiger partial charge in [0.2, 0.25) is 11.8 Å². The first kappa shape index (κ1) is 14.7. The van der Waals surface area contributed by atoms with Crippen molar-refractivity contribution in [3.05, 3.63) is 29.3 Å². The molecule has 1 rings (SSSR count). The maximum absolute atomic E-state index is 11.6. The van der Waals surface area contributed by atoms with Crippen molar-refractivity contribution in [2.45, 2.75) is 0 Å². The fourth-order valence-corrected chi connectivity index (χ4v) is 1.45. The molecule has 3 amide bonds. The molecule has 0 fully saturated rings. The van der Waals surface area contributed by atoms with Crippen LogP contribution in [0.4, 0.5) is 5.69 Å². The minimum atomic E-state index is -0.687. The molecular formula is C12H15N3O4. The lowest BCUT2D eigenvalue weighted by molar-refractivity contribution is -0.119. The standard InChI is InChI=1S/C12H15N3O4/c1-14-12(18)8-3-7(11(13)17)4-9(5-8)15-10(16)6-19-2/h3-5H,6H2,1-2H3,(H2,13,17)(H,14,18)(H,15,16). The van der Waals surface area contributed by atoms with Crippen molar-refractivity contribution < 1.29 is 19.1 Å². The number of hydrogen-bond donors (Lipinski definition) is 3. The van der Waals surface area contributed by atoms with Crippen LogP contribution in [0.3, 0.4) is 0 Å². The normalized spacial score (nSPS) is 9.79. The molecule has 0 aliphatic carbocycles. The van der Waals surface area contributed by atoms with Crippen molar-refractivity contribution in [3.8, 4) is 0 Å². The van der Waals surface area contributed by atoms with E-state index < -0.39 is 11.8 Å². The quantitative estimate of drug-likeness (QED) is 0.680. The number of rotatable bonds is 5. The van der Waals surface area contributed by atoms with Gasteiger partial charge in [0.25, 0.3) is 5.91 Å². The Balaban J connectivity index is 3.09. The molecule has 0 saturated carbocycles. The van der Waals surface area contributed by atoms with E-state index in [-0.39, 0.29) is 23.6 Å². The summed E-state index contributed by atoms with van der Waals surface area (Å²) in [6.45, 7) is -0.129. The monoisotopic (exact) mass is 265 g/mol. The summed E-state index contributed by atoms with van der Waals surface area (Å²) in [6, 6.07) is 4.19. The van der Waals surface area contributed by atoms with Crippen LogP contribution in [0.15, 0.2) is 18.2 Å². The number of carbonyl (C=O) groups is 3. The van der Waals surface area contributed by atoms with Crippen LogP contribution in [0.25, 0.3) is 0 Å². The Bertz CT molecular complexity index is 514. The van der Waals surface area contributed by atoms with E-state index in [0.717, 1.165) is 0 Å². The number of methoxy groups -OCH3 is 1. The number of nitrogens with two attached hydrogens (primary N) is 1. The Hall–Kier alpha value is -2.41. The molecule has 102 valence electrons. The fraction of sp³-hybridized carbons (Fsp3) is 0.250. The molecule has 0 aliphatic rings. The third kappa shape index (κ3) is 4.07. The van der Waals surface area contributed by atoms with Crippen LogP contribution in [0.1, 0.15) is 20.7 Å². The molecule has 1 aromatic carbocycles. The molecule has 4 N–H and O–H groups in total. The molecule has 0 spiro atoms. The molecule has 0 heterocycles. The van der Waals surface area contributed by atoms with Gasteiger partial charge in [-0.25, -0.2) is 0 Å². The molecule has 0 radical (unpaired) electrons. The van der Waals surface area contributed by atoms with E-state index in [1.165, 1.54) is 32.4 Å².